The van der Waals surface area contributed by atoms with Crippen molar-refractivity contribution in [3.05, 3.63) is 48.5 Å². The lowest BCUT2D eigenvalue weighted by atomic mass is 10.0. The summed E-state index contributed by atoms with van der Waals surface area (Å²) in [6, 6.07) is 15.2. The van der Waals surface area contributed by atoms with Crippen LogP contribution in [0.15, 0.2) is 48.5 Å². The van der Waals surface area contributed by atoms with Gasteiger partial charge in [0.05, 0.1) is 0 Å². The van der Waals surface area contributed by atoms with Crippen LogP contribution < -0.4 is 10.6 Å². The Balaban J connectivity index is 2.18. The monoisotopic (exact) mass is 266 g/mol. The van der Waals surface area contributed by atoms with Gasteiger partial charge < -0.3 is 10.6 Å². The van der Waals surface area contributed by atoms with Crippen LogP contribution in [-0.2, 0) is 9.59 Å². The van der Waals surface area contributed by atoms with Crippen molar-refractivity contribution in [1.29, 1.82) is 0 Å². The molecule has 0 spiro atoms. The van der Waals surface area contributed by atoms with Gasteiger partial charge in [-0.3, -0.25) is 9.59 Å². The summed E-state index contributed by atoms with van der Waals surface area (Å²) in [7, 11) is 0. The number of anilines is 2. The summed E-state index contributed by atoms with van der Waals surface area (Å²) in [5.74, 6) is -0.293. The van der Waals surface area contributed by atoms with Crippen LogP contribution >= 0.6 is 0 Å². The number of hydrogen-bond donors (Lipinski definition) is 2. The Morgan fingerprint density at radius 2 is 1.05 bits per heavy atom. The van der Waals surface area contributed by atoms with E-state index in [1.807, 2.05) is 48.5 Å². The minimum atomic E-state index is -0.146. The van der Waals surface area contributed by atoms with Crippen molar-refractivity contribution >= 4 is 23.2 Å². The van der Waals surface area contributed by atoms with Crippen LogP contribution in [0.2, 0.25) is 0 Å². The van der Waals surface area contributed by atoms with Gasteiger partial charge in [-0.05, 0) is 12.1 Å². The van der Waals surface area contributed by atoms with E-state index in [1.54, 1.807) is 0 Å². The first-order chi connectivity index (χ1) is 9.74. The molecule has 20 heavy (non-hydrogen) atoms. The van der Waals surface area contributed by atoms with Crippen LogP contribution in [0.25, 0.3) is 11.1 Å². The van der Waals surface area contributed by atoms with Gasteiger partial charge in [0.1, 0.15) is 0 Å². The average Bonchev–Trinajstić information content (AvgIpc) is 2.46. The Morgan fingerprint density at radius 1 is 0.650 bits per heavy atom. The highest BCUT2D eigenvalue weighted by Crippen LogP contribution is 2.34. The van der Waals surface area contributed by atoms with Crippen LogP contribution in [0.4, 0.5) is 11.4 Å². The number of amides is 2. The number of carbonyl (C=O) groups is 2. The highest BCUT2D eigenvalue weighted by atomic mass is 16.2. The second-order valence-corrected chi connectivity index (χ2v) is 4.69. The van der Waals surface area contributed by atoms with E-state index in [2.05, 4.69) is 10.6 Å². The first-order valence-electron chi connectivity index (χ1n) is 6.52. The lowest BCUT2D eigenvalue weighted by Gasteiger charge is -2.17. The third kappa shape index (κ3) is 2.40. The van der Waals surface area contributed by atoms with Crippen LogP contribution in [0.3, 0.4) is 0 Å². The molecule has 0 bridgehead atoms. The third-order valence-electron chi connectivity index (χ3n) is 3.27. The SMILES string of the molecule is O=C1CCC(=O)Nc2ccccc2-c2ccccc2N1. The zero-order valence-electron chi connectivity index (χ0n) is 10.8. The number of rotatable bonds is 0. The van der Waals surface area contributed by atoms with E-state index < -0.39 is 0 Å². The molecular formula is C16H14N2O2. The van der Waals surface area contributed by atoms with Crippen LogP contribution in [-0.4, -0.2) is 11.8 Å². The van der Waals surface area contributed by atoms with Gasteiger partial charge in [-0.2, -0.15) is 0 Å². The molecule has 0 saturated heterocycles. The topological polar surface area (TPSA) is 58.2 Å². The summed E-state index contributed by atoms with van der Waals surface area (Å²) in [6.07, 6.45) is 0.366. The van der Waals surface area contributed by atoms with Gasteiger partial charge in [0.25, 0.3) is 0 Å². The molecule has 0 aromatic heterocycles. The molecule has 100 valence electrons. The quantitative estimate of drug-likeness (QED) is 0.770. The molecule has 0 saturated carbocycles. The normalized spacial score (nSPS) is 14.6. The van der Waals surface area contributed by atoms with Crippen molar-refractivity contribution in [2.75, 3.05) is 10.6 Å². The summed E-state index contributed by atoms with van der Waals surface area (Å²) >= 11 is 0. The van der Waals surface area contributed by atoms with E-state index in [1.165, 1.54) is 0 Å². The number of hydrogen-bond acceptors (Lipinski definition) is 2. The Hall–Kier alpha value is -2.62. The molecule has 0 aliphatic carbocycles. The molecule has 0 radical (unpaired) electrons. The second-order valence-electron chi connectivity index (χ2n) is 4.69. The van der Waals surface area contributed by atoms with Crippen LogP contribution in [0.5, 0.6) is 0 Å². The molecule has 4 heteroatoms. The largest absolute Gasteiger partial charge is 0.326 e. The molecule has 0 unspecified atom stereocenters. The molecule has 0 atom stereocenters. The van der Waals surface area contributed by atoms with E-state index in [-0.39, 0.29) is 24.7 Å². The maximum Gasteiger partial charge on any atom is 0.224 e. The number of carbonyl (C=O) groups excluding carboxylic acids is 2. The van der Waals surface area contributed by atoms with Gasteiger partial charge in [0, 0.05) is 35.3 Å². The number of fused-ring (bicyclic) bond motifs is 3. The fourth-order valence-corrected chi connectivity index (χ4v) is 2.31. The highest BCUT2D eigenvalue weighted by molar-refractivity contribution is 6.03. The molecule has 1 heterocycles. The minimum Gasteiger partial charge on any atom is -0.326 e. The Kier molecular flexibility index (Phi) is 3.21. The highest BCUT2D eigenvalue weighted by Gasteiger charge is 2.16. The number of nitrogens with one attached hydrogen (secondary N) is 2. The van der Waals surface area contributed by atoms with E-state index in [0.29, 0.717) is 0 Å². The first-order valence-corrected chi connectivity index (χ1v) is 6.52. The van der Waals surface area contributed by atoms with E-state index in [4.69, 9.17) is 0 Å². The minimum absolute atomic E-state index is 0.146. The summed E-state index contributed by atoms with van der Waals surface area (Å²) in [5, 5.41) is 5.75. The maximum absolute atomic E-state index is 11.8. The summed E-state index contributed by atoms with van der Waals surface area (Å²) < 4.78 is 0. The summed E-state index contributed by atoms with van der Waals surface area (Å²) in [4.78, 5) is 23.7. The smallest absolute Gasteiger partial charge is 0.224 e. The fourth-order valence-electron chi connectivity index (χ4n) is 2.31. The molecule has 2 aromatic rings. The molecule has 2 N–H and O–H groups in total. The molecule has 2 aromatic carbocycles. The Bertz CT molecular complexity index is 620. The van der Waals surface area contributed by atoms with Crippen molar-refractivity contribution < 1.29 is 9.59 Å². The zero-order valence-corrected chi connectivity index (χ0v) is 10.8. The van der Waals surface area contributed by atoms with E-state index >= 15 is 0 Å². The van der Waals surface area contributed by atoms with E-state index in [0.717, 1.165) is 22.5 Å². The van der Waals surface area contributed by atoms with E-state index in [9.17, 15) is 9.59 Å². The first kappa shape index (κ1) is 12.4. The molecule has 4 nitrogen and oxygen atoms in total. The van der Waals surface area contributed by atoms with Crippen molar-refractivity contribution in [3.63, 3.8) is 0 Å². The van der Waals surface area contributed by atoms with Crippen molar-refractivity contribution in [3.8, 4) is 11.1 Å². The third-order valence-corrected chi connectivity index (χ3v) is 3.27. The van der Waals surface area contributed by atoms with Crippen molar-refractivity contribution in [2.45, 2.75) is 12.8 Å². The molecular weight excluding hydrogens is 252 g/mol. The Morgan fingerprint density at radius 3 is 1.50 bits per heavy atom. The van der Waals surface area contributed by atoms with Gasteiger partial charge in [-0.1, -0.05) is 36.4 Å². The van der Waals surface area contributed by atoms with Crippen LogP contribution in [0, 0.1) is 0 Å². The van der Waals surface area contributed by atoms with Crippen LogP contribution in [0.1, 0.15) is 12.8 Å². The predicted octanol–water partition coefficient (Wildman–Crippen LogP) is 3.02. The zero-order chi connectivity index (χ0) is 13.9. The molecule has 1 aliphatic rings. The van der Waals surface area contributed by atoms with Gasteiger partial charge in [-0.25, -0.2) is 0 Å². The second kappa shape index (κ2) is 5.17. The van der Waals surface area contributed by atoms with Crippen molar-refractivity contribution in [2.24, 2.45) is 0 Å². The van der Waals surface area contributed by atoms with Gasteiger partial charge in [0.2, 0.25) is 11.8 Å². The average molecular weight is 266 g/mol. The van der Waals surface area contributed by atoms with Gasteiger partial charge >= 0.3 is 0 Å². The fraction of sp³-hybridized carbons (Fsp3) is 0.125. The lowest BCUT2D eigenvalue weighted by molar-refractivity contribution is -0.121. The predicted molar refractivity (Wildman–Crippen MR) is 78.4 cm³/mol. The molecule has 2 amide bonds. The van der Waals surface area contributed by atoms with Crippen molar-refractivity contribution in [1.82, 2.24) is 0 Å². The van der Waals surface area contributed by atoms with Gasteiger partial charge in [0.15, 0.2) is 0 Å². The molecule has 0 fully saturated rings. The Labute approximate surface area is 116 Å². The molecule has 3 rings (SSSR count). The van der Waals surface area contributed by atoms with Gasteiger partial charge in [-0.15, -0.1) is 0 Å². The summed E-state index contributed by atoms with van der Waals surface area (Å²) in [6.45, 7) is 0. The lowest BCUT2D eigenvalue weighted by Crippen LogP contribution is -2.19. The standard InChI is InChI=1S/C16H14N2O2/c19-15-9-10-16(20)18-14-8-4-2-6-12(14)11-5-1-3-7-13(11)17-15/h1-8H,9-10H2,(H,17,19)(H,18,20). The number of para-hydroxylation sites is 2. The number of benzene rings is 2. The maximum atomic E-state index is 11.8. The summed E-state index contributed by atoms with van der Waals surface area (Å²) in [5.41, 5.74) is 3.33. The molecule has 1 aliphatic heterocycles.